The number of amides is 1. The average molecular weight is 397 g/mol. The summed E-state index contributed by atoms with van der Waals surface area (Å²) in [7, 11) is -2.64. The number of halogens is 1. The van der Waals surface area contributed by atoms with Crippen LogP contribution in [0.5, 0.6) is 5.75 Å². The number of nitrogens with two attached hydrogens (primary N) is 1. The molecule has 0 fully saturated rings. The van der Waals surface area contributed by atoms with Crippen LogP contribution < -0.4 is 15.2 Å². The summed E-state index contributed by atoms with van der Waals surface area (Å²) < 4.78 is 28.5. The minimum atomic E-state index is -3.99. The number of hydrogen-bond acceptors (Lipinski definition) is 4. The van der Waals surface area contributed by atoms with Crippen LogP contribution in [0.2, 0.25) is 5.02 Å². The molecular formula is C18H21ClN2O4S. The van der Waals surface area contributed by atoms with Crippen molar-refractivity contribution < 1.29 is 17.9 Å². The zero-order valence-electron chi connectivity index (χ0n) is 14.7. The highest BCUT2D eigenvalue weighted by Gasteiger charge is 2.25. The largest absolute Gasteiger partial charge is 0.495 e. The van der Waals surface area contributed by atoms with Crippen molar-refractivity contribution in [2.24, 2.45) is 11.1 Å². The van der Waals surface area contributed by atoms with E-state index in [4.69, 9.17) is 21.5 Å². The van der Waals surface area contributed by atoms with Crippen LogP contribution in [0.1, 0.15) is 25.3 Å². The Kier molecular flexibility index (Phi) is 6.28. The molecule has 6 nitrogen and oxygen atoms in total. The van der Waals surface area contributed by atoms with Crippen molar-refractivity contribution in [2.45, 2.75) is 24.7 Å². The van der Waals surface area contributed by atoms with Crippen molar-refractivity contribution in [3.63, 3.8) is 0 Å². The van der Waals surface area contributed by atoms with Gasteiger partial charge >= 0.3 is 0 Å². The number of nitrogens with one attached hydrogen (secondary N) is 1. The number of carbonyl (C=O) groups is 1. The van der Waals surface area contributed by atoms with Crippen LogP contribution in [0.4, 0.5) is 5.69 Å². The number of carbonyl (C=O) groups excluding carboxylic acids is 1. The fourth-order valence-corrected chi connectivity index (χ4v) is 3.55. The Labute approximate surface area is 158 Å². The summed E-state index contributed by atoms with van der Waals surface area (Å²) in [6.45, 7) is 3.87. The maximum Gasteiger partial charge on any atom is 0.241 e. The van der Waals surface area contributed by atoms with E-state index in [0.29, 0.717) is 10.7 Å². The maximum atomic E-state index is 12.8. The molecule has 0 saturated carbocycles. The third-order valence-electron chi connectivity index (χ3n) is 3.92. The van der Waals surface area contributed by atoms with Crippen molar-refractivity contribution in [2.75, 3.05) is 12.4 Å². The quantitative estimate of drug-likeness (QED) is 0.781. The summed E-state index contributed by atoms with van der Waals surface area (Å²) >= 11 is 5.91. The van der Waals surface area contributed by atoms with Gasteiger partial charge in [-0.05, 0) is 41.8 Å². The van der Waals surface area contributed by atoms with Crippen LogP contribution >= 0.6 is 11.6 Å². The molecule has 0 aliphatic heterocycles. The molecule has 2 rings (SSSR count). The molecule has 0 saturated heterocycles. The second-order valence-electron chi connectivity index (χ2n) is 6.17. The van der Waals surface area contributed by atoms with Gasteiger partial charge in [-0.1, -0.05) is 37.6 Å². The third-order valence-corrected chi connectivity index (χ3v) is 5.10. The summed E-state index contributed by atoms with van der Waals surface area (Å²) in [5.41, 5.74) is 1.14. The molecule has 0 heterocycles. The van der Waals surface area contributed by atoms with E-state index in [0.717, 1.165) is 5.56 Å². The van der Waals surface area contributed by atoms with Gasteiger partial charge in [-0.25, -0.2) is 13.6 Å². The number of sulfonamides is 1. The highest BCUT2D eigenvalue weighted by atomic mass is 35.5. The van der Waals surface area contributed by atoms with Crippen molar-refractivity contribution in [1.82, 2.24) is 0 Å². The van der Waals surface area contributed by atoms with Gasteiger partial charge < -0.3 is 10.1 Å². The summed E-state index contributed by atoms with van der Waals surface area (Å²) in [5, 5.41) is 8.55. The first-order chi connectivity index (χ1) is 12.1. The lowest BCUT2D eigenvalue weighted by molar-refractivity contribution is -0.118. The number of hydrogen-bond donors (Lipinski definition) is 2. The molecule has 0 aliphatic rings. The molecule has 0 aromatic heterocycles. The lowest BCUT2D eigenvalue weighted by Gasteiger charge is -2.21. The van der Waals surface area contributed by atoms with Gasteiger partial charge in [-0.15, -0.1) is 0 Å². The Morgan fingerprint density at radius 1 is 1.15 bits per heavy atom. The molecule has 0 unspecified atom stereocenters. The van der Waals surface area contributed by atoms with Crippen LogP contribution in [0.15, 0.2) is 47.4 Å². The number of primary sulfonamides is 1. The van der Waals surface area contributed by atoms with Gasteiger partial charge in [0.05, 0.1) is 13.0 Å². The predicted molar refractivity (Wildman–Crippen MR) is 102 cm³/mol. The minimum Gasteiger partial charge on any atom is -0.495 e. The monoisotopic (exact) mass is 396 g/mol. The zero-order chi connectivity index (χ0) is 19.5. The fourth-order valence-electron chi connectivity index (χ4n) is 2.71. The average Bonchev–Trinajstić information content (AvgIpc) is 2.55. The molecule has 26 heavy (non-hydrogen) atoms. The van der Waals surface area contributed by atoms with E-state index in [9.17, 15) is 13.2 Å². The predicted octanol–water partition coefficient (Wildman–Crippen LogP) is 3.37. The molecule has 0 bridgehead atoms. The smallest absolute Gasteiger partial charge is 0.241 e. The standard InChI is InChI=1S/C18H21ClN2O4S/c1-11(2)17(12-4-6-13(19)7-5-12)18(22)21-14-8-9-15(25-3)16(10-14)26(20,23)24/h4-11,17H,1-3H3,(H,21,22)(H2,20,23,24)/t17-/m1/s1. The fraction of sp³-hybridized carbons (Fsp3) is 0.278. The van der Waals surface area contributed by atoms with Crippen molar-refractivity contribution in [3.8, 4) is 5.75 Å². The molecule has 0 radical (unpaired) electrons. The first-order valence-electron chi connectivity index (χ1n) is 7.90. The van der Waals surface area contributed by atoms with Gasteiger partial charge in [0.25, 0.3) is 0 Å². The normalized spacial score (nSPS) is 12.7. The zero-order valence-corrected chi connectivity index (χ0v) is 16.3. The molecule has 2 aromatic carbocycles. The lowest BCUT2D eigenvalue weighted by Crippen LogP contribution is -2.25. The topological polar surface area (TPSA) is 98.5 Å². The molecule has 1 atom stereocenters. The molecule has 140 valence electrons. The minimum absolute atomic E-state index is 0.0205. The van der Waals surface area contributed by atoms with E-state index in [-0.39, 0.29) is 22.5 Å². The molecule has 2 aromatic rings. The highest BCUT2D eigenvalue weighted by molar-refractivity contribution is 7.89. The van der Waals surface area contributed by atoms with Crippen molar-refractivity contribution >= 4 is 33.2 Å². The first kappa shape index (κ1) is 20.2. The summed E-state index contributed by atoms with van der Waals surface area (Å²) in [6, 6.07) is 11.4. The van der Waals surface area contributed by atoms with Crippen molar-refractivity contribution in [3.05, 3.63) is 53.1 Å². The van der Waals surface area contributed by atoms with E-state index < -0.39 is 15.9 Å². The van der Waals surface area contributed by atoms with E-state index in [2.05, 4.69) is 5.32 Å². The second kappa shape index (κ2) is 8.07. The molecule has 8 heteroatoms. The molecule has 0 aliphatic carbocycles. The Morgan fingerprint density at radius 3 is 2.27 bits per heavy atom. The van der Waals surface area contributed by atoms with E-state index in [1.165, 1.54) is 19.2 Å². The van der Waals surface area contributed by atoms with Crippen molar-refractivity contribution in [1.29, 1.82) is 0 Å². The maximum absolute atomic E-state index is 12.8. The second-order valence-corrected chi connectivity index (χ2v) is 8.14. The number of rotatable bonds is 6. The Bertz CT molecular complexity index is 896. The van der Waals surface area contributed by atoms with E-state index in [1.54, 1.807) is 30.3 Å². The van der Waals surface area contributed by atoms with Gasteiger partial charge in [-0.3, -0.25) is 4.79 Å². The number of anilines is 1. The number of benzene rings is 2. The summed E-state index contributed by atoms with van der Waals surface area (Å²) in [4.78, 5) is 12.6. The molecular weight excluding hydrogens is 376 g/mol. The van der Waals surface area contributed by atoms with E-state index in [1.807, 2.05) is 13.8 Å². The number of ether oxygens (including phenoxy) is 1. The summed E-state index contributed by atoms with van der Waals surface area (Å²) in [6.07, 6.45) is 0. The van der Waals surface area contributed by atoms with Gasteiger partial charge in [-0.2, -0.15) is 0 Å². The van der Waals surface area contributed by atoms with Gasteiger partial charge in [0, 0.05) is 10.7 Å². The van der Waals surface area contributed by atoms with E-state index >= 15 is 0 Å². The van der Waals surface area contributed by atoms with Crippen LogP contribution in [0.3, 0.4) is 0 Å². The van der Waals surface area contributed by atoms with Gasteiger partial charge in [0.2, 0.25) is 15.9 Å². The molecule has 0 spiro atoms. The lowest BCUT2D eigenvalue weighted by atomic mass is 9.87. The van der Waals surface area contributed by atoms with Crippen LogP contribution in [0.25, 0.3) is 0 Å². The van der Waals surface area contributed by atoms with Crippen LogP contribution in [-0.4, -0.2) is 21.4 Å². The Hall–Kier alpha value is -2.09. The highest BCUT2D eigenvalue weighted by Crippen LogP contribution is 2.30. The van der Waals surface area contributed by atoms with Crippen LogP contribution in [-0.2, 0) is 14.8 Å². The van der Waals surface area contributed by atoms with Gasteiger partial charge in [0.15, 0.2) is 0 Å². The summed E-state index contributed by atoms with van der Waals surface area (Å²) in [5.74, 6) is -0.545. The Morgan fingerprint density at radius 2 is 1.77 bits per heavy atom. The molecule has 3 N–H and O–H groups in total. The number of methoxy groups -OCH3 is 1. The molecule has 1 amide bonds. The third kappa shape index (κ3) is 4.75. The SMILES string of the molecule is COc1ccc(NC(=O)[C@@H](c2ccc(Cl)cc2)C(C)C)cc1S(N)(=O)=O. The first-order valence-corrected chi connectivity index (χ1v) is 9.83. The Balaban J connectivity index is 2.34. The van der Waals surface area contributed by atoms with Gasteiger partial charge in [0.1, 0.15) is 10.6 Å². The van der Waals surface area contributed by atoms with Crippen LogP contribution in [0, 0.1) is 5.92 Å².